The summed E-state index contributed by atoms with van der Waals surface area (Å²) in [6.45, 7) is 10.4. The van der Waals surface area contributed by atoms with Gasteiger partial charge in [0.15, 0.2) is 0 Å². The van der Waals surface area contributed by atoms with Crippen molar-refractivity contribution in [2.75, 3.05) is 53.0 Å². The van der Waals surface area contributed by atoms with E-state index >= 15 is 0 Å². The van der Waals surface area contributed by atoms with Crippen LogP contribution >= 0.6 is 24.8 Å². The van der Waals surface area contributed by atoms with E-state index in [2.05, 4.69) is 15.4 Å². The molecule has 27 heavy (non-hydrogen) atoms. The van der Waals surface area contributed by atoms with Gasteiger partial charge in [0, 0.05) is 45.4 Å². The maximum Gasteiger partial charge on any atom is 0.231 e. The number of hydrogen-bond acceptors (Lipinski definition) is 6. The fraction of sp³-hybridized carbons (Fsp3) is 0.778. The Kier molecular flexibility index (Phi) is 9.51. The molecule has 0 aliphatic carbocycles. The second kappa shape index (κ2) is 10.6. The number of amides is 1. The summed E-state index contributed by atoms with van der Waals surface area (Å²) in [5.41, 5.74) is 1.79. The van der Waals surface area contributed by atoms with E-state index in [4.69, 9.17) is 9.26 Å². The predicted molar refractivity (Wildman–Crippen MR) is 109 cm³/mol. The summed E-state index contributed by atoms with van der Waals surface area (Å²) in [4.78, 5) is 17.6. The molecule has 0 spiro atoms. The van der Waals surface area contributed by atoms with Gasteiger partial charge in [-0.15, -0.1) is 24.8 Å². The Morgan fingerprint density at radius 2 is 1.81 bits per heavy atom. The normalized spacial score (nSPS) is 19.9. The standard InChI is InChI=1S/C18H30N4O3.2ClH/c1-14-16(15(2)25-20-14)12-21-8-10-22(11-9-21)17(23)18(13-24-3)4-6-19-7-5-18;;/h19H,4-13H2,1-3H3;2*1H. The molecule has 2 aliphatic rings. The molecular weight excluding hydrogens is 391 g/mol. The highest BCUT2D eigenvalue weighted by Crippen LogP contribution is 2.32. The number of aromatic nitrogens is 1. The summed E-state index contributed by atoms with van der Waals surface area (Å²) < 4.78 is 10.7. The molecule has 0 saturated carbocycles. The van der Waals surface area contributed by atoms with Crippen molar-refractivity contribution in [3.63, 3.8) is 0 Å². The lowest BCUT2D eigenvalue weighted by Crippen LogP contribution is -2.56. The van der Waals surface area contributed by atoms with Gasteiger partial charge in [-0.25, -0.2) is 0 Å². The highest BCUT2D eigenvalue weighted by atomic mass is 35.5. The molecule has 0 radical (unpaired) electrons. The van der Waals surface area contributed by atoms with Crippen LogP contribution in [0.3, 0.4) is 0 Å². The number of methoxy groups -OCH3 is 1. The zero-order valence-corrected chi connectivity index (χ0v) is 18.1. The number of carbonyl (C=O) groups excluding carboxylic acids is 1. The zero-order chi connectivity index (χ0) is 17.9. The number of hydrogen-bond donors (Lipinski definition) is 1. The first-order chi connectivity index (χ1) is 12.1. The van der Waals surface area contributed by atoms with E-state index in [1.54, 1.807) is 7.11 Å². The average Bonchev–Trinajstić information content (AvgIpc) is 2.95. The lowest BCUT2D eigenvalue weighted by Gasteiger charge is -2.42. The van der Waals surface area contributed by atoms with Gasteiger partial charge in [-0.2, -0.15) is 0 Å². The van der Waals surface area contributed by atoms with E-state index in [0.717, 1.165) is 70.1 Å². The first kappa shape index (κ1) is 24.2. The maximum atomic E-state index is 13.2. The number of piperidine rings is 1. The largest absolute Gasteiger partial charge is 0.384 e. The van der Waals surface area contributed by atoms with Gasteiger partial charge in [0.05, 0.1) is 17.7 Å². The van der Waals surface area contributed by atoms with Crippen LogP contribution in [0, 0.1) is 19.3 Å². The molecule has 7 nitrogen and oxygen atoms in total. The Bertz CT molecular complexity index is 572. The Morgan fingerprint density at radius 3 is 2.33 bits per heavy atom. The molecule has 156 valence electrons. The van der Waals surface area contributed by atoms with Crippen LogP contribution in [0.2, 0.25) is 0 Å². The van der Waals surface area contributed by atoms with Crippen LogP contribution in [0.15, 0.2) is 4.52 Å². The third kappa shape index (κ3) is 5.35. The first-order valence-electron chi connectivity index (χ1n) is 9.19. The van der Waals surface area contributed by atoms with Gasteiger partial charge in [-0.1, -0.05) is 5.16 Å². The number of nitrogens with one attached hydrogen (secondary N) is 1. The van der Waals surface area contributed by atoms with E-state index in [9.17, 15) is 4.79 Å². The molecule has 3 rings (SSSR count). The third-order valence-electron chi connectivity index (χ3n) is 5.66. The van der Waals surface area contributed by atoms with E-state index < -0.39 is 0 Å². The highest BCUT2D eigenvalue weighted by Gasteiger charge is 2.42. The van der Waals surface area contributed by atoms with Crippen molar-refractivity contribution in [2.24, 2.45) is 5.41 Å². The third-order valence-corrected chi connectivity index (χ3v) is 5.66. The Hall–Kier alpha value is -0.860. The van der Waals surface area contributed by atoms with Gasteiger partial charge in [-0.05, 0) is 39.8 Å². The molecule has 3 heterocycles. The monoisotopic (exact) mass is 422 g/mol. The van der Waals surface area contributed by atoms with Crippen molar-refractivity contribution in [1.82, 2.24) is 20.3 Å². The molecule has 0 atom stereocenters. The quantitative estimate of drug-likeness (QED) is 0.779. The van der Waals surface area contributed by atoms with E-state index in [-0.39, 0.29) is 36.1 Å². The number of carbonyl (C=O) groups is 1. The van der Waals surface area contributed by atoms with Crippen LogP contribution in [-0.4, -0.2) is 73.8 Å². The number of piperazine rings is 1. The van der Waals surface area contributed by atoms with Crippen LogP contribution in [0.5, 0.6) is 0 Å². The molecule has 0 bridgehead atoms. The van der Waals surface area contributed by atoms with Gasteiger partial charge in [0.1, 0.15) is 5.76 Å². The van der Waals surface area contributed by atoms with Crippen LogP contribution in [0.4, 0.5) is 0 Å². The Morgan fingerprint density at radius 1 is 1.19 bits per heavy atom. The lowest BCUT2D eigenvalue weighted by atomic mass is 9.78. The second-order valence-corrected chi connectivity index (χ2v) is 7.33. The summed E-state index contributed by atoms with van der Waals surface area (Å²) in [7, 11) is 1.69. The van der Waals surface area contributed by atoms with E-state index in [1.165, 1.54) is 5.56 Å². The predicted octanol–water partition coefficient (Wildman–Crippen LogP) is 1.80. The van der Waals surface area contributed by atoms with Crippen LogP contribution in [0.25, 0.3) is 0 Å². The number of halogens is 2. The number of nitrogens with zero attached hydrogens (tertiary/aromatic N) is 3. The fourth-order valence-electron chi connectivity index (χ4n) is 4.00. The van der Waals surface area contributed by atoms with Crippen molar-refractivity contribution in [3.05, 3.63) is 17.0 Å². The SMILES string of the molecule is COCC1(C(=O)N2CCN(Cc3c(C)noc3C)CC2)CCNCC1.Cl.Cl. The molecule has 1 aromatic rings. The number of rotatable bonds is 5. The summed E-state index contributed by atoms with van der Waals surface area (Å²) in [6.07, 6.45) is 1.72. The van der Waals surface area contributed by atoms with Crippen LogP contribution in [0.1, 0.15) is 29.9 Å². The van der Waals surface area contributed by atoms with Gasteiger partial charge in [0.2, 0.25) is 5.91 Å². The minimum absolute atomic E-state index is 0. The molecule has 2 saturated heterocycles. The maximum absolute atomic E-state index is 13.2. The molecule has 0 aromatic carbocycles. The molecule has 0 unspecified atom stereocenters. The minimum atomic E-state index is -0.343. The van der Waals surface area contributed by atoms with Crippen molar-refractivity contribution in [3.8, 4) is 0 Å². The van der Waals surface area contributed by atoms with Gasteiger partial charge < -0.3 is 19.5 Å². The molecule has 9 heteroatoms. The second-order valence-electron chi connectivity index (χ2n) is 7.33. The van der Waals surface area contributed by atoms with Crippen molar-refractivity contribution < 1.29 is 14.1 Å². The first-order valence-corrected chi connectivity index (χ1v) is 9.19. The molecule has 1 N–H and O–H groups in total. The van der Waals surface area contributed by atoms with Gasteiger partial charge in [-0.3, -0.25) is 9.69 Å². The van der Waals surface area contributed by atoms with Crippen molar-refractivity contribution in [2.45, 2.75) is 33.2 Å². The lowest BCUT2D eigenvalue weighted by molar-refractivity contribution is -0.149. The summed E-state index contributed by atoms with van der Waals surface area (Å²) in [6, 6.07) is 0. The smallest absolute Gasteiger partial charge is 0.231 e. The van der Waals surface area contributed by atoms with E-state index in [1.807, 2.05) is 18.7 Å². The van der Waals surface area contributed by atoms with E-state index in [0.29, 0.717) is 6.61 Å². The molecular formula is C18H32Cl2N4O3. The number of aryl methyl sites for hydroxylation is 2. The Balaban J connectivity index is 0.00000182. The average molecular weight is 423 g/mol. The van der Waals surface area contributed by atoms with Gasteiger partial charge in [0.25, 0.3) is 0 Å². The topological polar surface area (TPSA) is 70.8 Å². The summed E-state index contributed by atoms with van der Waals surface area (Å²) in [5, 5.41) is 7.38. The Labute approximate surface area is 174 Å². The summed E-state index contributed by atoms with van der Waals surface area (Å²) in [5.74, 6) is 1.16. The highest BCUT2D eigenvalue weighted by molar-refractivity contribution is 5.85. The molecule has 2 fully saturated rings. The van der Waals surface area contributed by atoms with Crippen molar-refractivity contribution in [1.29, 1.82) is 0 Å². The fourth-order valence-corrected chi connectivity index (χ4v) is 4.00. The molecule has 1 amide bonds. The molecule has 2 aliphatic heterocycles. The van der Waals surface area contributed by atoms with Crippen LogP contribution in [-0.2, 0) is 16.1 Å². The molecule has 1 aromatic heterocycles. The van der Waals surface area contributed by atoms with Crippen LogP contribution < -0.4 is 5.32 Å². The number of ether oxygens (including phenoxy) is 1. The summed E-state index contributed by atoms with van der Waals surface area (Å²) >= 11 is 0. The zero-order valence-electron chi connectivity index (χ0n) is 16.5. The van der Waals surface area contributed by atoms with Crippen molar-refractivity contribution >= 4 is 30.7 Å². The minimum Gasteiger partial charge on any atom is -0.384 e. The van der Waals surface area contributed by atoms with Gasteiger partial charge >= 0.3 is 0 Å².